The summed E-state index contributed by atoms with van der Waals surface area (Å²) in [6, 6.07) is 2.62. The maximum atomic E-state index is 14.2. The summed E-state index contributed by atoms with van der Waals surface area (Å²) in [5, 5.41) is 14.5. The molecule has 8 atom stereocenters. The average Bonchev–Trinajstić information content (AvgIpc) is 3.82. The van der Waals surface area contributed by atoms with Crippen LogP contribution in [-0.4, -0.2) is 115 Å². The van der Waals surface area contributed by atoms with E-state index < -0.39 is 65.7 Å². The Morgan fingerprint density at radius 3 is 2.58 bits per heavy atom. The Bertz CT molecular complexity index is 1680. The molecule has 0 saturated carbocycles. The van der Waals surface area contributed by atoms with Crippen LogP contribution in [0.2, 0.25) is 5.02 Å². The maximum Gasteiger partial charge on any atom is 0.409 e. The number of benzene rings is 1. The lowest BCUT2D eigenvalue weighted by molar-refractivity contribution is -0.162. The highest BCUT2D eigenvalue weighted by Gasteiger charge is 2.64. The molecule has 1 aromatic carbocycles. The van der Waals surface area contributed by atoms with Crippen LogP contribution < -0.4 is 15.0 Å². The fourth-order valence-corrected chi connectivity index (χ4v) is 9.62. The second kappa shape index (κ2) is 18.1. The standard InChI is InChI=1S/C39H56ClN3O10S2/c1-22-13-12-14-29(50-10)39(48)21-28(51-36(47)41-39)23(2)34-38(6,53-34)30(20-32(45)43(8)26-18-25(17-22)19-27(49-9)33(26)40)52-35(46)24(3)42(7)31(44)15-16-37(4,5)55-54-11/h12-14,18-19,23-24,28-30,34,48H,15-17,20-21H2,1-11H3,(H,41,47)/b14-12+,22-13-/t23-,24-,28-,29+,30+,34+,38-,39-/m0/s1. The van der Waals surface area contributed by atoms with Crippen molar-refractivity contribution < 1.29 is 48.0 Å². The second-order valence-corrected chi connectivity index (χ2v) is 18.9. The van der Waals surface area contributed by atoms with Crippen molar-refractivity contribution in [3.05, 3.63) is 46.5 Å². The summed E-state index contributed by atoms with van der Waals surface area (Å²) < 4.78 is 29.2. The monoisotopic (exact) mass is 825 g/mol. The zero-order valence-corrected chi connectivity index (χ0v) is 36.0. The number of carbonyl (C=O) groups is 4. The lowest BCUT2D eigenvalue weighted by atomic mass is 9.83. The van der Waals surface area contributed by atoms with E-state index in [9.17, 15) is 24.3 Å². The first-order valence-electron chi connectivity index (χ1n) is 18.3. The quantitative estimate of drug-likeness (QED) is 0.160. The molecule has 1 aromatic rings. The molecule has 3 heterocycles. The highest BCUT2D eigenvalue weighted by Crippen LogP contribution is 2.49. The number of rotatable bonds is 10. The van der Waals surface area contributed by atoms with Gasteiger partial charge in [-0.1, -0.05) is 63.9 Å². The van der Waals surface area contributed by atoms with E-state index in [-0.39, 0.29) is 34.9 Å². The van der Waals surface area contributed by atoms with Gasteiger partial charge in [0.1, 0.15) is 40.7 Å². The number of ether oxygens (including phenoxy) is 5. The molecule has 4 rings (SSSR count). The highest BCUT2D eigenvalue weighted by molar-refractivity contribution is 8.76. The van der Waals surface area contributed by atoms with Crippen LogP contribution in [0.15, 0.2) is 35.9 Å². The van der Waals surface area contributed by atoms with Gasteiger partial charge in [0.05, 0.1) is 25.3 Å². The molecule has 13 nitrogen and oxygen atoms in total. The van der Waals surface area contributed by atoms with E-state index in [0.29, 0.717) is 24.3 Å². The van der Waals surface area contributed by atoms with Crippen molar-refractivity contribution in [2.24, 2.45) is 5.92 Å². The predicted molar refractivity (Wildman–Crippen MR) is 215 cm³/mol. The molecule has 3 aliphatic rings. The number of methoxy groups -OCH3 is 2. The third-order valence-corrected chi connectivity index (χ3v) is 13.8. The van der Waals surface area contributed by atoms with E-state index >= 15 is 0 Å². The van der Waals surface area contributed by atoms with E-state index in [1.807, 2.05) is 26.2 Å². The van der Waals surface area contributed by atoms with Gasteiger partial charge in [-0.25, -0.2) is 9.59 Å². The summed E-state index contributed by atoms with van der Waals surface area (Å²) in [7, 11) is 9.39. The van der Waals surface area contributed by atoms with Crippen molar-refractivity contribution in [2.75, 3.05) is 39.5 Å². The van der Waals surface area contributed by atoms with Crippen LogP contribution in [-0.2, 0) is 39.8 Å². The van der Waals surface area contributed by atoms with E-state index in [2.05, 4.69) is 19.2 Å². The minimum atomic E-state index is -1.83. The van der Waals surface area contributed by atoms with Gasteiger partial charge in [-0.15, -0.1) is 0 Å². The first-order chi connectivity index (χ1) is 25.7. The van der Waals surface area contributed by atoms with Crippen LogP contribution in [0.25, 0.3) is 0 Å². The van der Waals surface area contributed by atoms with Crippen LogP contribution in [0.5, 0.6) is 5.75 Å². The Hall–Kier alpha value is -2.95. The van der Waals surface area contributed by atoms with Gasteiger partial charge in [-0.2, -0.15) is 0 Å². The van der Waals surface area contributed by atoms with Crippen LogP contribution >= 0.6 is 33.2 Å². The average molecular weight is 826 g/mol. The lowest BCUT2D eigenvalue weighted by Crippen LogP contribution is -2.63. The second-order valence-electron chi connectivity index (χ2n) is 15.4. The Morgan fingerprint density at radius 2 is 1.95 bits per heavy atom. The molecular formula is C39H56ClN3O10S2. The zero-order chi connectivity index (χ0) is 41.0. The van der Waals surface area contributed by atoms with Gasteiger partial charge >= 0.3 is 12.1 Å². The molecular weight excluding hydrogens is 770 g/mol. The number of hydrogen-bond acceptors (Lipinski definition) is 12. The number of aliphatic hydroxyl groups is 1. The van der Waals surface area contributed by atoms with Crippen LogP contribution in [0.1, 0.15) is 72.8 Å². The van der Waals surface area contributed by atoms with Gasteiger partial charge in [-0.3, -0.25) is 14.9 Å². The van der Waals surface area contributed by atoms with Crippen LogP contribution in [0.3, 0.4) is 0 Å². The van der Waals surface area contributed by atoms with E-state index in [4.69, 9.17) is 35.3 Å². The minimum absolute atomic E-state index is 0.0478. The SMILES string of the molecule is COc1cc2cc(c1Cl)N(C)C(=O)C[C@@H](OC(=O)[C@H](C)N(C)C(=O)CCC(C)(C)SSC)[C@]1(C)O[C@@H]1[C@@H](C)[C@@H]1C[C@@](O)(NC(=O)O1)[C@H](OC)/C=C/C=C(/C)C2. The number of likely N-dealkylation sites (N-methyl/N-ethyl adjacent to an activating group) is 1. The number of nitrogens with one attached hydrogen (secondary N) is 1. The molecule has 0 radical (unpaired) electrons. The first kappa shape index (κ1) is 44.8. The molecule has 0 unspecified atom stereocenters. The first-order valence-corrected chi connectivity index (χ1v) is 21.2. The summed E-state index contributed by atoms with van der Waals surface area (Å²) in [5.74, 6) is -1.50. The summed E-state index contributed by atoms with van der Waals surface area (Å²) >= 11 is 6.78. The van der Waals surface area contributed by atoms with Crippen molar-refractivity contribution in [1.29, 1.82) is 0 Å². The number of allylic oxidation sites excluding steroid dienone is 3. The molecule has 0 spiro atoms. The lowest BCUT2D eigenvalue weighted by Gasteiger charge is -2.42. The number of epoxide rings is 1. The number of alkyl carbamates (subject to hydrolysis) is 1. The Morgan fingerprint density at radius 1 is 1.25 bits per heavy atom. The normalized spacial score (nSPS) is 30.8. The highest BCUT2D eigenvalue weighted by atomic mass is 35.5. The summed E-state index contributed by atoms with van der Waals surface area (Å²) in [6.45, 7) is 11.2. The summed E-state index contributed by atoms with van der Waals surface area (Å²) in [6.07, 6.45) is 3.81. The molecule has 3 amide bonds. The van der Waals surface area contributed by atoms with Gasteiger partial charge in [-0.05, 0) is 71.4 Å². The zero-order valence-electron chi connectivity index (χ0n) is 33.6. The molecule has 3 aliphatic heterocycles. The van der Waals surface area contributed by atoms with Gasteiger partial charge in [0.2, 0.25) is 11.8 Å². The fraction of sp³-hybridized carbons (Fsp3) is 0.641. The van der Waals surface area contributed by atoms with Crippen molar-refractivity contribution in [3.8, 4) is 5.75 Å². The fourth-order valence-electron chi connectivity index (χ4n) is 7.07. The summed E-state index contributed by atoms with van der Waals surface area (Å²) in [4.78, 5) is 56.9. The van der Waals surface area contributed by atoms with Crippen LogP contribution in [0, 0.1) is 5.92 Å². The third-order valence-electron chi connectivity index (χ3n) is 10.8. The van der Waals surface area contributed by atoms with E-state index in [1.54, 1.807) is 73.8 Å². The number of hydrogen-bond donors (Lipinski definition) is 2. The van der Waals surface area contributed by atoms with Gasteiger partial charge in [0, 0.05) is 44.7 Å². The smallest absolute Gasteiger partial charge is 0.409 e. The molecule has 306 valence electrons. The number of halogens is 1. The number of anilines is 1. The Labute approximate surface area is 337 Å². The molecule has 2 N–H and O–H groups in total. The van der Waals surface area contributed by atoms with Crippen molar-refractivity contribution in [1.82, 2.24) is 10.2 Å². The van der Waals surface area contributed by atoms with Gasteiger partial charge in [0.25, 0.3) is 0 Å². The molecule has 2 fully saturated rings. The number of carbonyl (C=O) groups excluding carboxylic acids is 4. The van der Waals surface area contributed by atoms with Crippen molar-refractivity contribution in [2.45, 2.75) is 120 Å². The predicted octanol–water partition coefficient (Wildman–Crippen LogP) is 6.08. The van der Waals surface area contributed by atoms with Gasteiger partial charge < -0.3 is 38.6 Å². The van der Waals surface area contributed by atoms with Crippen molar-refractivity contribution >= 4 is 62.8 Å². The van der Waals surface area contributed by atoms with Crippen LogP contribution in [0.4, 0.5) is 10.5 Å². The van der Waals surface area contributed by atoms with E-state index in [1.165, 1.54) is 24.0 Å². The van der Waals surface area contributed by atoms with Crippen molar-refractivity contribution in [3.63, 3.8) is 0 Å². The molecule has 0 aliphatic carbocycles. The maximum absolute atomic E-state index is 14.2. The van der Waals surface area contributed by atoms with E-state index in [0.717, 1.165) is 11.1 Å². The number of esters is 1. The summed E-state index contributed by atoms with van der Waals surface area (Å²) in [5.41, 5.74) is -0.900. The Kier molecular flexibility index (Phi) is 14.7. The van der Waals surface area contributed by atoms with Gasteiger partial charge in [0.15, 0.2) is 5.72 Å². The Balaban J connectivity index is 1.71. The number of nitrogens with zero attached hydrogens (tertiary/aromatic N) is 2. The molecule has 2 saturated heterocycles. The molecule has 0 aromatic heterocycles. The topological polar surface area (TPSA) is 156 Å². The molecule has 55 heavy (non-hydrogen) atoms. The minimum Gasteiger partial charge on any atom is -0.495 e. The number of fused-ring (bicyclic) bond motifs is 5. The molecule has 4 bridgehead atoms. The largest absolute Gasteiger partial charge is 0.495 e. The third kappa shape index (κ3) is 10.5. The number of amides is 3. The molecule has 16 heteroatoms.